The number of likely N-dealkylation sites (tertiary alicyclic amines) is 1. The van der Waals surface area contributed by atoms with Crippen molar-refractivity contribution in [2.75, 3.05) is 38.1 Å². The predicted molar refractivity (Wildman–Crippen MR) is 153 cm³/mol. The van der Waals surface area contributed by atoms with Crippen LogP contribution in [0.15, 0.2) is 47.5 Å². The van der Waals surface area contributed by atoms with Crippen molar-refractivity contribution >= 4 is 35.8 Å². The van der Waals surface area contributed by atoms with E-state index in [-0.39, 0.29) is 24.0 Å². The summed E-state index contributed by atoms with van der Waals surface area (Å²) < 4.78 is 0. The highest BCUT2D eigenvalue weighted by Crippen LogP contribution is 2.19. The van der Waals surface area contributed by atoms with E-state index in [0.717, 1.165) is 56.5 Å². The summed E-state index contributed by atoms with van der Waals surface area (Å²) in [6.07, 6.45) is 7.58. The fourth-order valence-electron chi connectivity index (χ4n) is 4.94. The molecule has 3 heterocycles. The molecule has 7 heteroatoms. The maximum absolute atomic E-state index is 4.68. The molecule has 6 nitrogen and oxygen atoms in total. The number of halogens is 1. The minimum absolute atomic E-state index is 0. The van der Waals surface area contributed by atoms with Gasteiger partial charge in [0.1, 0.15) is 5.82 Å². The second-order valence-corrected chi connectivity index (χ2v) is 9.43. The summed E-state index contributed by atoms with van der Waals surface area (Å²) in [5.41, 5.74) is 3.87. The first-order chi connectivity index (χ1) is 16.2. The molecule has 0 bridgehead atoms. The fourth-order valence-corrected chi connectivity index (χ4v) is 4.94. The maximum Gasteiger partial charge on any atom is 0.191 e. The molecule has 0 amide bonds. The van der Waals surface area contributed by atoms with E-state index in [0.29, 0.717) is 6.04 Å². The number of aryl methyl sites for hydroxylation is 1. The number of hydrogen-bond donors (Lipinski definition) is 2. The lowest BCUT2D eigenvalue weighted by atomic mass is 10.0. The van der Waals surface area contributed by atoms with Gasteiger partial charge in [-0.3, -0.25) is 9.89 Å². The number of aromatic nitrogens is 1. The smallest absolute Gasteiger partial charge is 0.191 e. The number of benzene rings is 1. The Bertz CT molecular complexity index is 901. The summed E-state index contributed by atoms with van der Waals surface area (Å²) in [4.78, 5) is 14.2. The van der Waals surface area contributed by atoms with Gasteiger partial charge in [0.25, 0.3) is 0 Å². The first-order valence-corrected chi connectivity index (χ1v) is 12.7. The predicted octanol–water partition coefficient (Wildman–Crippen LogP) is 4.72. The highest BCUT2D eigenvalue weighted by Gasteiger charge is 2.21. The zero-order valence-corrected chi connectivity index (χ0v) is 23.1. The van der Waals surface area contributed by atoms with Gasteiger partial charge in [-0.1, -0.05) is 43.2 Å². The molecule has 34 heavy (non-hydrogen) atoms. The van der Waals surface area contributed by atoms with Crippen LogP contribution in [0.25, 0.3) is 0 Å². The van der Waals surface area contributed by atoms with Crippen LogP contribution in [0, 0.1) is 6.92 Å². The van der Waals surface area contributed by atoms with Crippen LogP contribution in [-0.4, -0.2) is 55.1 Å². The number of hydrogen-bond acceptors (Lipinski definition) is 4. The minimum Gasteiger partial charge on any atom is -0.356 e. The zero-order chi connectivity index (χ0) is 22.9. The van der Waals surface area contributed by atoms with Crippen molar-refractivity contribution in [3.05, 3.63) is 59.3 Å². The van der Waals surface area contributed by atoms with Crippen molar-refractivity contribution in [1.29, 1.82) is 0 Å². The average Bonchev–Trinajstić information content (AvgIpc) is 3.12. The fraction of sp³-hybridized carbons (Fsp3) is 0.556. The first-order valence-electron chi connectivity index (χ1n) is 12.7. The van der Waals surface area contributed by atoms with Crippen molar-refractivity contribution < 1.29 is 0 Å². The molecule has 0 radical (unpaired) electrons. The third-order valence-corrected chi connectivity index (χ3v) is 6.91. The highest BCUT2D eigenvalue weighted by atomic mass is 127. The molecule has 0 aliphatic carbocycles. The van der Waals surface area contributed by atoms with Crippen LogP contribution < -0.4 is 15.5 Å². The van der Waals surface area contributed by atoms with Gasteiger partial charge in [0.15, 0.2) is 5.96 Å². The summed E-state index contributed by atoms with van der Waals surface area (Å²) in [7, 11) is 1.87. The van der Waals surface area contributed by atoms with Crippen LogP contribution in [0.1, 0.15) is 55.3 Å². The standard InChI is InChI=1S/C27H40N6.HI/c1-22-10-9-13-26(30-22)33-18-14-25(15-19-33)31-27(28-2)29-20-23-11-5-6-12-24(23)21-32-16-7-3-4-8-17-32;/h5-6,9-13,25H,3-4,7-8,14-21H2,1-2H3,(H2,28,29,31);1H. The summed E-state index contributed by atoms with van der Waals surface area (Å²) in [6, 6.07) is 15.6. The number of pyridine rings is 1. The maximum atomic E-state index is 4.68. The second kappa shape index (κ2) is 13.9. The molecular formula is C27H41IN6. The average molecular weight is 577 g/mol. The third-order valence-electron chi connectivity index (χ3n) is 6.91. The first kappa shape index (κ1) is 26.7. The SMILES string of the molecule is CN=C(NCc1ccccc1CN1CCCCCC1)NC1CCN(c2cccc(C)n2)CC1.I. The number of nitrogens with one attached hydrogen (secondary N) is 2. The van der Waals surface area contributed by atoms with Crippen molar-refractivity contribution in [3.8, 4) is 0 Å². The van der Waals surface area contributed by atoms with Crippen LogP contribution in [-0.2, 0) is 13.1 Å². The molecule has 0 atom stereocenters. The molecular weight excluding hydrogens is 535 g/mol. The molecule has 0 unspecified atom stereocenters. The van der Waals surface area contributed by atoms with Gasteiger partial charge in [0.2, 0.25) is 0 Å². The van der Waals surface area contributed by atoms with Gasteiger partial charge >= 0.3 is 0 Å². The molecule has 2 N–H and O–H groups in total. The Labute approximate surface area is 222 Å². The van der Waals surface area contributed by atoms with Gasteiger partial charge in [0, 0.05) is 45.0 Å². The van der Waals surface area contributed by atoms with Crippen LogP contribution in [0.4, 0.5) is 5.82 Å². The Morgan fingerprint density at radius 1 is 0.941 bits per heavy atom. The largest absolute Gasteiger partial charge is 0.356 e. The quantitative estimate of drug-likeness (QED) is 0.296. The van der Waals surface area contributed by atoms with E-state index < -0.39 is 0 Å². The normalized spacial score (nSPS) is 18.2. The number of anilines is 1. The lowest BCUT2D eigenvalue weighted by Crippen LogP contribution is -2.48. The minimum atomic E-state index is 0. The molecule has 186 valence electrons. The summed E-state index contributed by atoms with van der Waals surface area (Å²) >= 11 is 0. The number of nitrogens with zero attached hydrogens (tertiary/aromatic N) is 4. The van der Waals surface area contributed by atoms with E-state index in [1.807, 2.05) is 7.05 Å². The molecule has 2 aliphatic heterocycles. The molecule has 2 saturated heterocycles. The molecule has 0 spiro atoms. The Kier molecular flexibility index (Phi) is 10.9. The van der Waals surface area contributed by atoms with Gasteiger partial charge < -0.3 is 15.5 Å². The molecule has 1 aromatic carbocycles. The van der Waals surface area contributed by atoms with Crippen molar-refractivity contribution in [3.63, 3.8) is 0 Å². The monoisotopic (exact) mass is 576 g/mol. The van der Waals surface area contributed by atoms with E-state index in [4.69, 9.17) is 0 Å². The van der Waals surface area contributed by atoms with E-state index in [1.54, 1.807) is 0 Å². The topological polar surface area (TPSA) is 55.8 Å². The summed E-state index contributed by atoms with van der Waals surface area (Å²) in [5.74, 6) is 1.99. The number of guanidine groups is 1. The molecule has 0 saturated carbocycles. The van der Waals surface area contributed by atoms with Gasteiger partial charge in [-0.15, -0.1) is 24.0 Å². The molecule has 1 aromatic heterocycles. The number of rotatable bonds is 6. The van der Waals surface area contributed by atoms with Gasteiger partial charge in [0.05, 0.1) is 0 Å². The third kappa shape index (κ3) is 7.83. The Hall–Kier alpha value is -1.87. The van der Waals surface area contributed by atoms with Gasteiger partial charge in [-0.25, -0.2) is 4.98 Å². The van der Waals surface area contributed by atoms with Gasteiger partial charge in [-0.2, -0.15) is 0 Å². The molecule has 2 aliphatic rings. The zero-order valence-electron chi connectivity index (χ0n) is 20.8. The second-order valence-electron chi connectivity index (χ2n) is 9.43. The lowest BCUT2D eigenvalue weighted by molar-refractivity contribution is 0.276. The Morgan fingerprint density at radius 2 is 1.65 bits per heavy atom. The van der Waals surface area contributed by atoms with Crippen molar-refractivity contribution in [2.45, 2.75) is 64.6 Å². The van der Waals surface area contributed by atoms with Crippen LogP contribution in [0.2, 0.25) is 0 Å². The number of aliphatic imine (C=N–C) groups is 1. The van der Waals surface area contributed by atoms with Crippen LogP contribution >= 0.6 is 24.0 Å². The lowest BCUT2D eigenvalue weighted by Gasteiger charge is -2.34. The Balaban J connectivity index is 0.00000324. The van der Waals surface area contributed by atoms with E-state index >= 15 is 0 Å². The summed E-state index contributed by atoms with van der Waals surface area (Å²) in [6.45, 7) is 8.39. The van der Waals surface area contributed by atoms with Crippen molar-refractivity contribution in [1.82, 2.24) is 20.5 Å². The number of piperidine rings is 1. The van der Waals surface area contributed by atoms with Gasteiger partial charge in [-0.05, 0) is 69.0 Å². The van der Waals surface area contributed by atoms with E-state index in [1.165, 1.54) is 49.9 Å². The Morgan fingerprint density at radius 3 is 2.32 bits per heavy atom. The van der Waals surface area contributed by atoms with Crippen LogP contribution in [0.3, 0.4) is 0 Å². The van der Waals surface area contributed by atoms with E-state index in [2.05, 4.69) is 79.8 Å². The molecule has 4 rings (SSSR count). The molecule has 2 aromatic rings. The van der Waals surface area contributed by atoms with E-state index in [9.17, 15) is 0 Å². The van der Waals surface area contributed by atoms with Crippen molar-refractivity contribution in [2.24, 2.45) is 4.99 Å². The highest BCUT2D eigenvalue weighted by molar-refractivity contribution is 14.0. The molecule has 2 fully saturated rings. The van der Waals surface area contributed by atoms with Crippen LogP contribution in [0.5, 0.6) is 0 Å². The summed E-state index contributed by atoms with van der Waals surface area (Å²) in [5, 5.41) is 7.22.